The van der Waals surface area contributed by atoms with Gasteiger partial charge in [0.05, 0.1) is 196 Å². The van der Waals surface area contributed by atoms with Crippen molar-refractivity contribution in [3.05, 3.63) is 35.9 Å². The van der Waals surface area contributed by atoms with Crippen molar-refractivity contribution in [2.45, 2.75) is 141 Å². The van der Waals surface area contributed by atoms with Crippen LogP contribution in [0.25, 0.3) is 0 Å². The van der Waals surface area contributed by atoms with E-state index in [2.05, 4.69) is 231 Å². The van der Waals surface area contributed by atoms with Crippen LogP contribution in [0.4, 0.5) is 17.6 Å². The highest BCUT2D eigenvalue weighted by Crippen LogP contribution is 2.27. The van der Waals surface area contributed by atoms with Crippen LogP contribution in [0, 0.1) is 264 Å². The third kappa shape index (κ3) is 51.5. The van der Waals surface area contributed by atoms with E-state index in [1.54, 1.807) is 9.80 Å². The number of terminal acetylenes is 9. The first-order valence-corrected chi connectivity index (χ1v) is 49.3. The predicted molar refractivity (Wildman–Crippen MR) is 555 cm³/mol. The Hall–Kier alpha value is -12.5. The minimum Gasteiger partial charge on any atom is -0.352 e. The molecular weight excluding hydrogens is 1850 g/mol. The molecule has 780 valence electrons. The van der Waals surface area contributed by atoms with Gasteiger partial charge in [0.25, 0.3) is 0 Å². The monoisotopic (exact) mass is 2000 g/mol. The van der Waals surface area contributed by atoms with Crippen LogP contribution in [0.5, 0.6) is 0 Å². The Kier molecular flexibility index (Phi) is 69.1. The van der Waals surface area contributed by atoms with E-state index in [1.807, 2.05) is 63.2 Å². The summed E-state index contributed by atoms with van der Waals surface area (Å²) in [5, 5.41) is 112. The first-order valence-electron chi connectivity index (χ1n) is 49.3. The number of piperazine rings is 8. The zero-order valence-electron chi connectivity index (χ0n) is 86.8. The maximum Gasteiger partial charge on any atom is 0.411 e. The highest BCUT2D eigenvalue weighted by atomic mass is 19.4. The zero-order valence-corrected chi connectivity index (χ0v) is 86.8. The lowest BCUT2D eigenvalue weighted by Crippen LogP contribution is -2.57. The molecule has 0 aromatic heterocycles. The Balaban J connectivity index is 0.000000549. The molecule has 10 fully saturated rings. The van der Waals surface area contributed by atoms with E-state index in [0.29, 0.717) is 192 Å². The van der Waals surface area contributed by atoms with Crippen molar-refractivity contribution in [1.82, 2.24) is 98.0 Å². The van der Waals surface area contributed by atoms with Gasteiger partial charge >= 0.3 is 6.18 Å². The summed E-state index contributed by atoms with van der Waals surface area (Å²) in [5.74, 6) is 23.9. The minimum atomic E-state index is -4.37. The van der Waals surface area contributed by atoms with Gasteiger partial charge in [0, 0.05) is 245 Å². The fourth-order valence-electron chi connectivity index (χ4n) is 17.7. The van der Waals surface area contributed by atoms with Gasteiger partial charge in [-0.25, -0.2) is 4.39 Å². The second-order valence-electron chi connectivity index (χ2n) is 36.4. The van der Waals surface area contributed by atoms with Crippen molar-refractivity contribution < 1.29 is 22.3 Å². The van der Waals surface area contributed by atoms with Crippen LogP contribution >= 0.6 is 0 Å². The molecule has 11 rings (SSSR count). The van der Waals surface area contributed by atoms with Crippen LogP contribution in [-0.4, -0.2) is 479 Å². The third-order valence-corrected chi connectivity index (χ3v) is 26.3. The number of benzene rings is 1. The molecule has 0 bridgehead atoms. The molecule has 0 saturated carbocycles. The van der Waals surface area contributed by atoms with Gasteiger partial charge in [0.1, 0.15) is 12.8 Å². The predicted octanol–water partition coefficient (Wildman–Crippen LogP) is 4.28. The van der Waals surface area contributed by atoms with Crippen LogP contribution in [0.3, 0.4) is 0 Å². The molecule has 1 aromatic carbocycles. The number of nitrogens with zero attached hydrogens (tertiary/aromatic N) is 33. The van der Waals surface area contributed by atoms with Crippen molar-refractivity contribution in [3.8, 4) is 190 Å². The Morgan fingerprint density at radius 1 is 0.322 bits per heavy atom. The maximum absolute atomic E-state index is 13.3. The summed E-state index contributed by atoms with van der Waals surface area (Å²) in [6.45, 7) is 47.8. The van der Waals surface area contributed by atoms with Gasteiger partial charge in [-0.1, -0.05) is 90.5 Å². The smallest absolute Gasteiger partial charge is 0.352 e. The maximum atomic E-state index is 13.3. The lowest BCUT2D eigenvalue weighted by Gasteiger charge is -2.43. The third-order valence-electron chi connectivity index (χ3n) is 26.3. The van der Waals surface area contributed by atoms with Gasteiger partial charge in [-0.15, -0.1) is 57.8 Å². The zero-order chi connectivity index (χ0) is 108. The highest BCUT2D eigenvalue weighted by Gasteiger charge is 2.37. The first kappa shape index (κ1) is 130. The molecule has 0 spiro atoms. The minimum absolute atomic E-state index is 0.0480. The first-order chi connectivity index (χ1) is 70.4. The van der Waals surface area contributed by atoms with Gasteiger partial charge in [0.2, 0.25) is 0 Å². The lowest BCUT2D eigenvalue weighted by molar-refractivity contribution is -0.209. The molecule has 10 heterocycles. The molecule has 11 unspecified atom stereocenters. The van der Waals surface area contributed by atoms with Gasteiger partial charge in [-0.05, 0) is 59.4 Å². The van der Waals surface area contributed by atoms with E-state index in [9.17, 15) is 17.6 Å². The summed E-state index contributed by atoms with van der Waals surface area (Å²) in [6, 6.07) is 39.0. The summed E-state index contributed by atoms with van der Waals surface area (Å²) in [6.07, 6.45) is 43.8. The van der Waals surface area contributed by atoms with Crippen molar-refractivity contribution in [3.63, 3.8) is 0 Å². The summed E-state index contributed by atoms with van der Waals surface area (Å²) >= 11 is 0. The molecule has 10 aliphatic heterocycles. The Morgan fingerprint density at radius 3 is 1.10 bits per heavy atom. The molecule has 1 aromatic rings. The summed E-state index contributed by atoms with van der Waals surface area (Å²) < 4.78 is 54.4. The van der Waals surface area contributed by atoms with E-state index in [-0.39, 0.29) is 19.6 Å². The van der Waals surface area contributed by atoms with E-state index >= 15 is 0 Å². The fraction of sp³-hybridized carbons (Fsp3) is 0.657. The Bertz CT molecular complexity index is 4650. The Labute approximate surface area is 871 Å². The van der Waals surface area contributed by atoms with Gasteiger partial charge in [-0.3, -0.25) is 98.0 Å². The molecule has 10 saturated heterocycles. The van der Waals surface area contributed by atoms with Crippen molar-refractivity contribution >= 4 is 0 Å². The average molecular weight is 2000 g/mol. The molecule has 0 radical (unpaired) electrons. The van der Waals surface area contributed by atoms with Crippen LogP contribution in [0.2, 0.25) is 0 Å². The summed E-state index contributed by atoms with van der Waals surface area (Å²) in [7, 11) is 0. The fourth-order valence-corrected chi connectivity index (χ4v) is 17.7. The molecule has 10 aliphatic rings. The topological polar surface area (TPSA) is 383 Å². The van der Waals surface area contributed by atoms with E-state index in [0.717, 1.165) is 164 Å². The largest absolute Gasteiger partial charge is 0.411 e. The van der Waals surface area contributed by atoms with Crippen LogP contribution < -0.4 is 0 Å². The number of nitriles is 13. The summed E-state index contributed by atoms with van der Waals surface area (Å²) in [5.41, 5.74) is 1.27. The van der Waals surface area contributed by atoms with Gasteiger partial charge in [-0.2, -0.15) is 81.6 Å². The van der Waals surface area contributed by atoms with Crippen LogP contribution in [0.15, 0.2) is 30.3 Å². The number of rotatable bonds is 25. The molecular formula is C108H149F4N33O. The molecule has 146 heavy (non-hydrogen) atoms. The van der Waals surface area contributed by atoms with E-state index < -0.39 is 37.4 Å². The second kappa shape index (κ2) is 77.9. The SMILES string of the molecule is C#CC(C#N)N1CCN(C(C#N)C#N)CC1.C#CCN1CC(C)CN(CC#N)C1C.C#CCN1CCN(CC#N)C(C)C1.C#CCN1CCN(CC#N)C(C)C1C.C#CCN1CCN(CC#N)C(F)C1.C#CCN1CCN(CC#N)C(OCC(F)(F)F)C1.C#CCN1CCN(CC#N)CC1.C#CCN1CCN(CC#N)CC1c1ccccc1.C#CCN1CN(CC#N)C(C)CC1C.N#CCCN1CCN(CCC#N)CC1. The number of ether oxygens (including phenoxy) is 1. The number of hydrogen-bond donors (Lipinski definition) is 0. The Morgan fingerprint density at radius 2 is 0.658 bits per heavy atom. The van der Waals surface area contributed by atoms with Crippen LogP contribution in [-0.2, 0) is 4.74 Å². The number of alkyl halides is 4. The lowest BCUT2D eigenvalue weighted by atomic mass is 10.0. The molecule has 38 heteroatoms. The molecule has 0 aliphatic carbocycles. The van der Waals surface area contributed by atoms with E-state index in [4.69, 9.17) is 131 Å². The van der Waals surface area contributed by atoms with Gasteiger partial charge < -0.3 is 4.74 Å². The second-order valence-corrected chi connectivity index (χ2v) is 36.4. The summed E-state index contributed by atoms with van der Waals surface area (Å²) in [4.78, 5) is 41.7. The standard InChI is InChI=1S/C15H17N3.C11H14F3N3O.C11H11N5.3C11H17N3.C10H16N4.C10H15N3.C9H12FN3.C9H13N3/c1-2-9-18-12-11-17(10-8-16)13-15(18)14-6-4-3-5-7-14;1-2-4-16-6-7-17(5-3-15)10(8-16)18-9-11(12,13)14;1-2-10(7-12)15-3-5-16(6-4-15)11(8-13)9-14;1-4-6-13-9-14(7-5-12)11(3)8-10(13)2;1-4-6-13-8-10(2)9-14(7-5-12)11(13)3;1-4-6-13-8-9-14(7-5-12)11(3)10(13)2;11-3-1-5-13-7-9-14(10-8-13)6-2-4-12;1-3-5-12-7-8-13(6-4-11)10(2)9-12;1-2-4-12-6-7-13(5-3-11)9(10)8-12;1-2-4-11-6-8-12(5-3-10)9-7-11/h1,3-7,15H,9-13H2;1,10H,4-9H2;1,10-11H,3-6H2;3*1,10-11H,6-9H2,2-3H3;1-2,5-10H2;1,10H,5-9H2,2H3;1,9H,4-8H2;1H,4-9H2. The van der Waals surface area contributed by atoms with Crippen LogP contribution in [0.1, 0.15) is 79.3 Å². The van der Waals surface area contributed by atoms with Crippen molar-refractivity contribution in [2.24, 2.45) is 5.92 Å². The molecule has 0 amide bonds. The van der Waals surface area contributed by atoms with E-state index in [1.165, 1.54) is 10.5 Å². The molecule has 11 atom stereocenters. The molecule has 0 N–H and O–H groups in total. The average Bonchev–Trinajstić information content (AvgIpc) is 0.825. The number of halogens is 4. The number of hydrogen-bond acceptors (Lipinski definition) is 34. The molecule has 34 nitrogen and oxygen atoms in total. The highest BCUT2D eigenvalue weighted by molar-refractivity contribution is 5.21. The van der Waals surface area contributed by atoms with Crippen molar-refractivity contribution in [1.29, 1.82) is 68.4 Å². The van der Waals surface area contributed by atoms with Crippen molar-refractivity contribution in [2.75, 3.05) is 314 Å². The quantitative estimate of drug-likeness (QED) is 0.0570. The van der Waals surface area contributed by atoms with Gasteiger partial charge in [0.15, 0.2) is 18.4 Å². The normalized spacial score (nSPS) is 23.8.